The minimum atomic E-state index is -0.639. The smallest absolute Gasteiger partial charge is 0.247 e. The van der Waals surface area contributed by atoms with E-state index in [1.165, 1.54) is 25.7 Å². The normalized spacial score (nSPS) is 15.9. The average molecular weight is 331 g/mol. The molecule has 132 valence electrons. The second-order valence-corrected chi connectivity index (χ2v) is 6.53. The Labute approximate surface area is 144 Å². The van der Waals surface area contributed by atoms with Crippen molar-refractivity contribution in [2.45, 2.75) is 51.0 Å². The van der Waals surface area contributed by atoms with Crippen molar-refractivity contribution in [1.82, 2.24) is 10.6 Å². The average Bonchev–Trinajstić information content (AvgIpc) is 3.12. The van der Waals surface area contributed by atoms with Crippen LogP contribution in [0.4, 0.5) is 0 Å². The maximum absolute atomic E-state index is 12.4. The Bertz CT molecular complexity index is 513. The molecule has 1 saturated carbocycles. The molecule has 1 unspecified atom stereocenters. The minimum absolute atomic E-state index is 0.0512. The second-order valence-electron chi connectivity index (χ2n) is 6.53. The molecule has 2 amide bonds. The fourth-order valence-corrected chi connectivity index (χ4v) is 3.23. The number of amides is 2. The van der Waals surface area contributed by atoms with Gasteiger partial charge in [0.15, 0.2) is 0 Å². The number of nitrogens with one attached hydrogen (secondary N) is 2. The molecule has 0 aliphatic heterocycles. The van der Waals surface area contributed by atoms with Gasteiger partial charge < -0.3 is 16.4 Å². The summed E-state index contributed by atoms with van der Waals surface area (Å²) in [5, 5.41) is 5.75. The van der Waals surface area contributed by atoms with Crippen molar-refractivity contribution >= 4 is 11.8 Å². The number of carbonyl (C=O) groups is 2. The van der Waals surface area contributed by atoms with E-state index in [-0.39, 0.29) is 11.8 Å². The van der Waals surface area contributed by atoms with Crippen molar-refractivity contribution in [3.05, 3.63) is 35.9 Å². The highest BCUT2D eigenvalue weighted by Gasteiger charge is 2.23. The Balaban J connectivity index is 1.91. The molecule has 5 heteroatoms. The van der Waals surface area contributed by atoms with Crippen molar-refractivity contribution in [2.75, 3.05) is 13.1 Å². The van der Waals surface area contributed by atoms with Crippen molar-refractivity contribution in [3.63, 3.8) is 0 Å². The summed E-state index contributed by atoms with van der Waals surface area (Å²) in [5.41, 5.74) is 6.26. The lowest BCUT2D eigenvalue weighted by Gasteiger charge is -2.19. The molecule has 1 aromatic carbocycles. The van der Waals surface area contributed by atoms with Gasteiger partial charge in [-0.05, 0) is 30.9 Å². The van der Waals surface area contributed by atoms with Gasteiger partial charge in [0.2, 0.25) is 11.8 Å². The van der Waals surface area contributed by atoms with E-state index in [0.29, 0.717) is 25.4 Å². The lowest BCUT2D eigenvalue weighted by molar-refractivity contribution is -0.129. The monoisotopic (exact) mass is 331 g/mol. The lowest BCUT2D eigenvalue weighted by atomic mass is 10.0. The SMILES string of the molecule is NCCCNC(=O)C(NC(=O)CCC1CCCC1)c1ccccc1. The van der Waals surface area contributed by atoms with Crippen LogP contribution in [-0.2, 0) is 9.59 Å². The van der Waals surface area contributed by atoms with Gasteiger partial charge in [0.05, 0.1) is 0 Å². The van der Waals surface area contributed by atoms with Gasteiger partial charge in [-0.2, -0.15) is 0 Å². The van der Waals surface area contributed by atoms with Gasteiger partial charge in [-0.25, -0.2) is 0 Å². The number of hydrogen-bond acceptors (Lipinski definition) is 3. The van der Waals surface area contributed by atoms with Crippen molar-refractivity contribution in [2.24, 2.45) is 11.7 Å². The van der Waals surface area contributed by atoms with Gasteiger partial charge in [-0.15, -0.1) is 0 Å². The molecule has 1 aliphatic rings. The summed E-state index contributed by atoms with van der Waals surface area (Å²) in [6.45, 7) is 1.06. The molecular formula is C19H29N3O2. The van der Waals surface area contributed by atoms with Gasteiger partial charge in [-0.3, -0.25) is 9.59 Å². The third-order valence-electron chi connectivity index (χ3n) is 4.63. The molecule has 0 heterocycles. The van der Waals surface area contributed by atoms with Gasteiger partial charge in [0.25, 0.3) is 0 Å². The van der Waals surface area contributed by atoms with Gasteiger partial charge in [-0.1, -0.05) is 56.0 Å². The molecule has 1 atom stereocenters. The lowest BCUT2D eigenvalue weighted by Crippen LogP contribution is -2.41. The van der Waals surface area contributed by atoms with Crippen LogP contribution in [0.2, 0.25) is 0 Å². The summed E-state index contributed by atoms with van der Waals surface area (Å²) in [5.74, 6) is 0.443. The van der Waals surface area contributed by atoms with E-state index in [0.717, 1.165) is 18.4 Å². The number of rotatable bonds is 9. The van der Waals surface area contributed by atoms with Crippen molar-refractivity contribution in [1.29, 1.82) is 0 Å². The fourth-order valence-electron chi connectivity index (χ4n) is 3.23. The Kier molecular flexibility index (Phi) is 7.75. The minimum Gasteiger partial charge on any atom is -0.354 e. The highest BCUT2D eigenvalue weighted by Crippen LogP contribution is 2.28. The zero-order valence-electron chi connectivity index (χ0n) is 14.3. The van der Waals surface area contributed by atoms with Crippen LogP contribution in [0.5, 0.6) is 0 Å². The third kappa shape index (κ3) is 5.96. The first kappa shape index (κ1) is 18.5. The van der Waals surface area contributed by atoms with Crippen LogP contribution < -0.4 is 16.4 Å². The predicted octanol–water partition coefficient (Wildman–Crippen LogP) is 2.28. The molecule has 24 heavy (non-hydrogen) atoms. The summed E-state index contributed by atoms with van der Waals surface area (Å²) in [6.07, 6.45) is 7.16. The molecule has 1 fully saturated rings. The van der Waals surface area contributed by atoms with E-state index in [4.69, 9.17) is 5.73 Å². The van der Waals surface area contributed by atoms with E-state index in [2.05, 4.69) is 10.6 Å². The molecule has 0 spiro atoms. The van der Waals surface area contributed by atoms with Crippen LogP contribution >= 0.6 is 0 Å². The van der Waals surface area contributed by atoms with Crippen LogP contribution in [-0.4, -0.2) is 24.9 Å². The van der Waals surface area contributed by atoms with Crippen LogP contribution in [0.3, 0.4) is 0 Å². The molecule has 0 saturated heterocycles. The van der Waals surface area contributed by atoms with Gasteiger partial charge in [0, 0.05) is 13.0 Å². The van der Waals surface area contributed by atoms with Gasteiger partial charge in [0.1, 0.15) is 6.04 Å². The summed E-state index contributed by atoms with van der Waals surface area (Å²) in [7, 11) is 0. The van der Waals surface area contributed by atoms with Crippen molar-refractivity contribution in [3.8, 4) is 0 Å². The Hall–Kier alpha value is -1.88. The Morgan fingerprint density at radius 2 is 1.88 bits per heavy atom. The maximum Gasteiger partial charge on any atom is 0.247 e. The molecular weight excluding hydrogens is 302 g/mol. The molecule has 1 aromatic rings. The fraction of sp³-hybridized carbons (Fsp3) is 0.579. The number of carbonyl (C=O) groups excluding carboxylic acids is 2. The standard InChI is InChI=1S/C19H29N3O2/c20-13-6-14-21-19(24)18(16-9-2-1-3-10-16)22-17(23)12-11-15-7-4-5-8-15/h1-3,9-10,15,18H,4-8,11-14,20H2,(H,21,24)(H,22,23). The first-order valence-electron chi connectivity index (χ1n) is 9.03. The highest BCUT2D eigenvalue weighted by molar-refractivity contribution is 5.88. The zero-order chi connectivity index (χ0) is 17.2. The first-order valence-corrected chi connectivity index (χ1v) is 9.03. The molecule has 5 nitrogen and oxygen atoms in total. The van der Waals surface area contributed by atoms with E-state index in [1.807, 2.05) is 30.3 Å². The van der Waals surface area contributed by atoms with Gasteiger partial charge >= 0.3 is 0 Å². The van der Waals surface area contributed by atoms with Crippen LogP contribution in [0, 0.1) is 5.92 Å². The zero-order valence-corrected chi connectivity index (χ0v) is 14.3. The maximum atomic E-state index is 12.4. The molecule has 0 aromatic heterocycles. The quantitative estimate of drug-likeness (QED) is 0.607. The van der Waals surface area contributed by atoms with E-state index >= 15 is 0 Å². The summed E-state index contributed by atoms with van der Waals surface area (Å²) >= 11 is 0. The summed E-state index contributed by atoms with van der Waals surface area (Å²) in [4.78, 5) is 24.8. The number of benzene rings is 1. The highest BCUT2D eigenvalue weighted by atomic mass is 16.2. The Morgan fingerprint density at radius 1 is 1.17 bits per heavy atom. The first-order chi connectivity index (χ1) is 11.7. The largest absolute Gasteiger partial charge is 0.354 e. The number of hydrogen-bond donors (Lipinski definition) is 3. The number of nitrogens with two attached hydrogens (primary N) is 1. The van der Waals surface area contributed by atoms with E-state index in [9.17, 15) is 9.59 Å². The molecule has 0 radical (unpaired) electrons. The molecule has 0 bridgehead atoms. The van der Waals surface area contributed by atoms with E-state index in [1.54, 1.807) is 0 Å². The predicted molar refractivity (Wildman–Crippen MR) is 95.2 cm³/mol. The summed E-state index contributed by atoms with van der Waals surface area (Å²) < 4.78 is 0. The van der Waals surface area contributed by atoms with Crippen LogP contribution in [0.15, 0.2) is 30.3 Å². The topological polar surface area (TPSA) is 84.2 Å². The van der Waals surface area contributed by atoms with Crippen molar-refractivity contribution < 1.29 is 9.59 Å². The van der Waals surface area contributed by atoms with Crippen LogP contribution in [0.25, 0.3) is 0 Å². The molecule has 4 N–H and O–H groups in total. The molecule has 1 aliphatic carbocycles. The Morgan fingerprint density at radius 3 is 2.54 bits per heavy atom. The summed E-state index contributed by atoms with van der Waals surface area (Å²) in [6, 6.07) is 8.74. The second kappa shape index (κ2) is 10.1. The molecule has 2 rings (SSSR count). The third-order valence-corrected chi connectivity index (χ3v) is 4.63. The van der Waals surface area contributed by atoms with Crippen LogP contribution in [0.1, 0.15) is 56.6 Å². The van der Waals surface area contributed by atoms with E-state index < -0.39 is 6.04 Å².